The highest BCUT2D eigenvalue weighted by Gasteiger charge is 2.32. The van der Waals surface area contributed by atoms with Gasteiger partial charge in [0, 0.05) is 5.56 Å². The minimum atomic E-state index is -0.922. The molecule has 0 aromatic heterocycles. The van der Waals surface area contributed by atoms with Gasteiger partial charge in [0.05, 0.1) is 6.61 Å². The second kappa shape index (κ2) is 8.41. The van der Waals surface area contributed by atoms with Crippen molar-refractivity contribution in [3.05, 3.63) is 77.3 Å². The predicted octanol–water partition coefficient (Wildman–Crippen LogP) is 2.72. The Kier molecular flexibility index (Phi) is 5.98. The van der Waals surface area contributed by atoms with Gasteiger partial charge in [0.1, 0.15) is 0 Å². The van der Waals surface area contributed by atoms with Crippen molar-refractivity contribution < 1.29 is 19.1 Å². The van der Waals surface area contributed by atoms with E-state index in [1.807, 2.05) is 30.3 Å². The van der Waals surface area contributed by atoms with E-state index in [4.69, 9.17) is 10.3 Å². The zero-order valence-corrected chi connectivity index (χ0v) is 12.5. The number of carbonyl (C=O) groups excluding carboxylic acids is 2. The third-order valence-corrected chi connectivity index (χ3v) is 3.23. The number of aryl methyl sites for hydroxylation is 1. The van der Waals surface area contributed by atoms with Gasteiger partial charge in [0.2, 0.25) is 0 Å². The average molecular weight is 308 g/mol. The van der Waals surface area contributed by atoms with Crippen LogP contribution in [0.15, 0.2) is 60.7 Å². The van der Waals surface area contributed by atoms with E-state index in [1.54, 1.807) is 18.2 Å². The smallest absolute Gasteiger partial charge is 0.446 e. The first kappa shape index (κ1) is 16.3. The Bertz CT molecular complexity index is 720. The number of esters is 1. The summed E-state index contributed by atoms with van der Waals surface area (Å²) in [6.45, 7) is 0.148. The number of hydrogen-bond acceptors (Lipinski definition) is 3. The monoisotopic (exact) mass is 308 g/mol. The van der Waals surface area contributed by atoms with Crippen LogP contribution in [0.2, 0.25) is 0 Å². The largest absolute Gasteiger partial charge is 0.457 e. The molecule has 116 valence electrons. The van der Waals surface area contributed by atoms with Crippen LogP contribution in [0.1, 0.15) is 22.3 Å². The normalized spacial score (nSPS) is 9.74. The maximum Gasteiger partial charge on any atom is 0.446 e. The van der Waals surface area contributed by atoms with Crippen molar-refractivity contribution in [1.29, 1.82) is 0 Å². The van der Waals surface area contributed by atoms with Crippen molar-refractivity contribution in [3.8, 4) is 0 Å². The number of ether oxygens (including phenoxy) is 1. The molecule has 0 atom stereocenters. The van der Waals surface area contributed by atoms with Crippen LogP contribution in [0.3, 0.4) is 0 Å². The number of benzene rings is 2. The number of hydrogen-bond donors (Lipinski definition) is 0. The Hall–Kier alpha value is -3.04. The van der Waals surface area contributed by atoms with E-state index < -0.39 is 17.5 Å². The number of Topliss-reactive ketones (excluding diaryl/α,β-unsaturated/α-hetero) is 1. The Balaban J connectivity index is 1.86. The molecular formula is C18H16N2O3. The lowest BCUT2D eigenvalue weighted by molar-refractivity contribution is -0.140. The van der Waals surface area contributed by atoms with Crippen molar-refractivity contribution >= 4 is 17.5 Å². The van der Waals surface area contributed by atoms with Crippen molar-refractivity contribution in [1.82, 2.24) is 0 Å². The molecule has 23 heavy (non-hydrogen) atoms. The van der Waals surface area contributed by atoms with Crippen LogP contribution in [-0.4, -0.2) is 28.9 Å². The zero-order valence-electron chi connectivity index (χ0n) is 12.5. The molecule has 5 nitrogen and oxygen atoms in total. The van der Waals surface area contributed by atoms with Gasteiger partial charge in [-0.25, -0.2) is 4.79 Å². The second-order valence-electron chi connectivity index (χ2n) is 4.87. The molecule has 0 heterocycles. The summed E-state index contributed by atoms with van der Waals surface area (Å²) in [6, 6.07) is 17.9. The fourth-order valence-electron chi connectivity index (χ4n) is 2.06. The lowest BCUT2D eigenvalue weighted by Crippen LogP contribution is -2.28. The molecule has 2 rings (SSSR count). The minimum absolute atomic E-state index is 0.148. The van der Waals surface area contributed by atoms with E-state index in [-0.39, 0.29) is 12.2 Å². The molecule has 2 aromatic carbocycles. The van der Waals surface area contributed by atoms with Gasteiger partial charge < -0.3 is 10.3 Å². The van der Waals surface area contributed by atoms with E-state index in [0.29, 0.717) is 6.42 Å². The zero-order chi connectivity index (χ0) is 16.5. The highest BCUT2D eigenvalue weighted by Crippen LogP contribution is 2.04. The van der Waals surface area contributed by atoms with Crippen LogP contribution in [0.25, 0.3) is 5.53 Å². The van der Waals surface area contributed by atoms with E-state index in [2.05, 4.69) is 4.79 Å². The maximum atomic E-state index is 12.1. The summed E-state index contributed by atoms with van der Waals surface area (Å²) in [4.78, 5) is 26.7. The molecule has 2 aromatic rings. The molecule has 0 unspecified atom stereocenters. The molecule has 0 aliphatic carbocycles. The van der Waals surface area contributed by atoms with Crippen LogP contribution in [0, 0.1) is 0 Å². The van der Waals surface area contributed by atoms with Crippen molar-refractivity contribution in [3.63, 3.8) is 0 Å². The third kappa shape index (κ3) is 4.73. The van der Waals surface area contributed by atoms with Crippen LogP contribution >= 0.6 is 0 Å². The van der Waals surface area contributed by atoms with Crippen LogP contribution < -0.4 is 0 Å². The lowest BCUT2D eigenvalue weighted by atomic mass is 10.1. The molecule has 0 N–H and O–H groups in total. The van der Waals surface area contributed by atoms with Gasteiger partial charge >= 0.3 is 11.7 Å². The Morgan fingerprint density at radius 3 is 2.17 bits per heavy atom. The molecule has 0 saturated heterocycles. The van der Waals surface area contributed by atoms with Crippen LogP contribution in [-0.2, 0) is 16.0 Å². The molecule has 0 saturated carbocycles. The van der Waals surface area contributed by atoms with Gasteiger partial charge in [-0.1, -0.05) is 60.7 Å². The summed E-state index contributed by atoms with van der Waals surface area (Å²) >= 11 is 0. The van der Waals surface area contributed by atoms with Crippen LogP contribution in [0.4, 0.5) is 0 Å². The summed E-state index contributed by atoms with van der Waals surface area (Å²) in [5.41, 5.74) is 9.72. The number of ketones is 1. The van der Waals surface area contributed by atoms with Crippen molar-refractivity contribution in [2.45, 2.75) is 12.8 Å². The second-order valence-corrected chi connectivity index (χ2v) is 4.87. The van der Waals surface area contributed by atoms with Gasteiger partial charge in [-0.2, -0.15) is 4.79 Å². The van der Waals surface area contributed by atoms with E-state index in [1.165, 1.54) is 12.1 Å². The Labute approximate surface area is 134 Å². The molecular weight excluding hydrogens is 292 g/mol. The molecule has 5 heteroatoms. The Morgan fingerprint density at radius 2 is 1.57 bits per heavy atom. The number of rotatable bonds is 7. The minimum Gasteiger partial charge on any atom is -0.457 e. The molecule has 0 spiro atoms. The first-order valence-corrected chi connectivity index (χ1v) is 7.25. The van der Waals surface area contributed by atoms with Crippen molar-refractivity contribution in [2.24, 2.45) is 0 Å². The molecule has 0 fully saturated rings. The van der Waals surface area contributed by atoms with E-state index >= 15 is 0 Å². The van der Waals surface area contributed by atoms with Gasteiger partial charge in [0.25, 0.3) is 5.78 Å². The first-order chi connectivity index (χ1) is 11.2. The van der Waals surface area contributed by atoms with E-state index in [0.717, 1.165) is 12.0 Å². The van der Waals surface area contributed by atoms with E-state index in [9.17, 15) is 9.59 Å². The molecule has 0 radical (unpaired) electrons. The Morgan fingerprint density at radius 1 is 0.957 bits per heavy atom. The summed E-state index contributed by atoms with van der Waals surface area (Å²) in [7, 11) is 0. The summed E-state index contributed by atoms with van der Waals surface area (Å²) in [5.74, 6) is -1.59. The first-order valence-electron chi connectivity index (χ1n) is 7.25. The SMILES string of the molecule is [N-]=[N+]=C(C(=O)OCCCc1ccccc1)C(=O)c1ccccc1. The molecule has 0 bridgehead atoms. The third-order valence-electron chi connectivity index (χ3n) is 3.23. The molecule has 0 aliphatic rings. The van der Waals surface area contributed by atoms with Gasteiger partial charge in [-0.15, -0.1) is 0 Å². The highest BCUT2D eigenvalue weighted by molar-refractivity contribution is 6.65. The summed E-state index contributed by atoms with van der Waals surface area (Å²) in [6.07, 6.45) is 1.38. The van der Waals surface area contributed by atoms with Crippen molar-refractivity contribution in [2.75, 3.05) is 6.61 Å². The highest BCUT2D eigenvalue weighted by atomic mass is 16.5. The summed E-state index contributed by atoms with van der Waals surface area (Å²) in [5, 5.41) is 0. The van der Waals surface area contributed by atoms with Gasteiger partial charge in [-0.3, -0.25) is 4.79 Å². The maximum absolute atomic E-state index is 12.1. The number of nitrogens with zero attached hydrogens (tertiary/aromatic N) is 2. The predicted molar refractivity (Wildman–Crippen MR) is 85.1 cm³/mol. The number of carbonyl (C=O) groups is 2. The van der Waals surface area contributed by atoms with Gasteiger partial charge in [-0.05, 0) is 18.4 Å². The molecule has 0 amide bonds. The van der Waals surface area contributed by atoms with Crippen LogP contribution in [0.5, 0.6) is 0 Å². The molecule has 0 aliphatic heterocycles. The topological polar surface area (TPSA) is 79.8 Å². The quantitative estimate of drug-likeness (QED) is 0.150. The average Bonchev–Trinajstić information content (AvgIpc) is 2.61. The summed E-state index contributed by atoms with van der Waals surface area (Å²) < 4.78 is 5.01. The van der Waals surface area contributed by atoms with Gasteiger partial charge in [0.15, 0.2) is 0 Å². The fraction of sp³-hybridized carbons (Fsp3) is 0.167. The lowest BCUT2D eigenvalue weighted by Gasteiger charge is -2.02. The standard InChI is InChI=1S/C18H16N2O3/c19-20-16(17(21)15-11-5-2-6-12-15)18(22)23-13-7-10-14-8-3-1-4-9-14/h1-6,8-9,11-12H,7,10,13H2. The fourth-order valence-corrected chi connectivity index (χ4v) is 2.06.